The quantitative estimate of drug-likeness (QED) is 0.319. The maximum atomic E-state index is 8.60. The predicted octanol–water partition coefficient (Wildman–Crippen LogP) is 2.44. The Morgan fingerprint density at radius 3 is 1.15 bits per heavy atom. The van der Waals surface area contributed by atoms with E-state index in [9.17, 15) is 0 Å². The molecule has 1 N–H and O–H groups in total. The number of nitrogens with zero attached hydrogens (tertiary/aromatic N) is 1. The molecule has 0 radical (unpaired) electrons. The summed E-state index contributed by atoms with van der Waals surface area (Å²) in [4.78, 5) is 0. The minimum Gasteiger partial charge on any atom is -0.324 e. The van der Waals surface area contributed by atoms with Gasteiger partial charge in [0, 0.05) is 0 Å². The van der Waals surface area contributed by atoms with Gasteiger partial charge in [0.2, 0.25) is 0 Å². The van der Waals surface area contributed by atoms with E-state index in [0.717, 1.165) is 0 Å². The molecular weight excluding hydrogens is 354 g/mol. The highest BCUT2D eigenvalue weighted by Crippen LogP contribution is 2.17. The minimum atomic E-state index is -4.69. The zero-order chi connectivity index (χ0) is 20.3. The fraction of sp³-hybridized carbons (Fsp3) is 1.00. The zero-order valence-electron chi connectivity index (χ0n) is 17.8. The van der Waals surface area contributed by atoms with Crippen LogP contribution in [0.2, 0.25) is 0 Å². The van der Waals surface area contributed by atoms with Crippen LogP contribution in [0, 0.1) is 10.2 Å². The van der Waals surface area contributed by atoms with Gasteiger partial charge in [0.25, 0.3) is 0 Å². The third-order valence-electron chi connectivity index (χ3n) is 4.94. The summed E-state index contributed by atoms with van der Waals surface area (Å²) in [5, 5.41) is 0. The van der Waals surface area contributed by atoms with E-state index in [0.29, 0.717) is 0 Å². The van der Waals surface area contributed by atoms with Crippen molar-refractivity contribution < 1.29 is 33.4 Å². The molecule has 0 unspecified atom stereocenters. The first kappa shape index (κ1) is 28.3. The Hall–Kier alpha value is 0.0900. The topological polar surface area (TPSA) is 89.4 Å². The molecule has 0 aromatic carbocycles. The molecule has 0 spiro atoms. The molecular formula is C20H45ClNO4+. The summed E-state index contributed by atoms with van der Waals surface area (Å²) in [5.41, 5.74) is 0. The summed E-state index contributed by atoms with van der Waals surface area (Å²) in [6, 6.07) is 0. The molecule has 5 nitrogen and oxygen atoms in total. The fourth-order valence-electron chi connectivity index (χ4n) is 3.38. The van der Waals surface area contributed by atoms with Crippen molar-refractivity contribution in [2.24, 2.45) is 0 Å². The molecule has 0 rings (SSSR count). The van der Waals surface area contributed by atoms with Crippen LogP contribution in [0.5, 0.6) is 0 Å². The standard InChI is InChI=1S/C20H44N.ClHO4/c1-5-9-13-14-15-16-20-21(17-10-6-2,18-11-7-3)19-12-8-4;2-1(3,4)5/h5-20H2,1-4H3;(H,2,3,4,5)/q+1;. The molecule has 160 valence electrons. The van der Waals surface area contributed by atoms with Crippen LogP contribution < -0.4 is 14.0 Å². The molecule has 0 heterocycles. The van der Waals surface area contributed by atoms with Gasteiger partial charge in [-0.05, 0) is 32.1 Å². The third kappa shape index (κ3) is 22.1. The van der Waals surface area contributed by atoms with Crippen LogP contribution in [-0.2, 0) is 0 Å². The highest BCUT2D eigenvalue weighted by molar-refractivity contribution is 4.51. The van der Waals surface area contributed by atoms with Gasteiger partial charge in [-0.25, -0.2) is 0 Å². The van der Waals surface area contributed by atoms with Crippen LogP contribution in [0.4, 0.5) is 0 Å². The molecule has 0 atom stereocenters. The van der Waals surface area contributed by atoms with E-state index in [1.54, 1.807) is 0 Å². The Morgan fingerprint density at radius 1 is 0.538 bits per heavy atom. The first-order valence-electron chi connectivity index (χ1n) is 10.7. The smallest absolute Gasteiger partial charge is 0.0786 e. The van der Waals surface area contributed by atoms with Gasteiger partial charge in [-0.15, -0.1) is 0 Å². The molecule has 0 aromatic rings. The second-order valence-corrected chi connectivity index (χ2v) is 8.25. The van der Waals surface area contributed by atoms with Crippen molar-refractivity contribution in [3.63, 3.8) is 0 Å². The number of unbranched alkanes of at least 4 members (excludes halogenated alkanes) is 8. The van der Waals surface area contributed by atoms with Crippen LogP contribution >= 0.6 is 0 Å². The van der Waals surface area contributed by atoms with Gasteiger partial charge in [-0.1, -0.05) is 72.6 Å². The lowest BCUT2D eigenvalue weighted by Gasteiger charge is -2.39. The second-order valence-electron chi connectivity index (χ2n) is 7.46. The first-order chi connectivity index (χ1) is 12.2. The molecule has 26 heavy (non-hydrogen) atoms. The van der Waals surface area contributed by atoms with Gasteiger partial charge in [0.15, 0.2) is 0 Å². The van der Waals surface area contributed by atoms with Crippen molar-refractivity contribution in [3.05, 3.63) is 0 Å². The number of quaternary nitrogens is 1. The minimum absolute atomic E-state index is 1.36. The van der Waals surface area contributed by atoms with Crippen molar-refractivity contribution in [1.82, 2.24) is 0 Å². The van der Waals surface area contributed by atoms with Gasteiger partial charge in [0.05, 0.1) is 41.1 Å². The maximum Gasteiger partial charge on any atom is 0.0786 e. The largest absolute Gasteiger partial charge is 0.324 e. The summed E-state index contributed by atoms with van der Waals surface area (Å²) >= 11 is 0. The summed E-state index contributed by atoms with van der Waals surface area (Å²) in [7, 11) is -4.69. The van der Waals surface area contributed by atoms with E-state index in [1.807, 2.05) is 0 Å². The fourth-order valence-corrected chi connectivity index (χ4v) is 3.38. The van der Waals surface area contributed by atoms with Crippen molar-refractivity contribution in [2.75, 3.05) is 26.2 Å². The summed E-state index contributed by atoms with van der Waals surface area (Å²) in [6.07, 6.45) is 17.0. The van der Waals surface area contributed by atoms with Crippen molar-refractivity contribution >= 4 is 0 Å². The molecule has 0 saturated heterocycles. The molecule has 0 amide bonds. The van der Waals surface area contributed by atoms with Crippen LogP contribution in [-0.4, -0.2) is 35.3 Å². The van der Waals surface area contributed by atoms with Crippen molar-refractivity contribution in [1.29, 1.82) is 0 Å². The molecule has 0 aliphatic carbocycles. The average molecular weight is 399 g/mol. The van der Waals surface area contributed by atoms with Crippen molar-refractivity contribution in [2.45, 2.75) is 105 Å². The van der Waals surface area contributed by atoms with Crippen LogP contribution in [0.25, 0.3) is 0 Å². The van der Waals surface area contributed by atoms with Crippen molar-refractivity contribution in [3.8, 4) is 0 Å². The van der Waals surface area contributed by atoms with E-state index in [-0.39, 0.29) is 0 Å². The Balaban J connectivity index is 0. The van der Waals surface area contributed by atoms with Crippen LogP contribution in [0.15, 0.2) is 0 Å². The van der Waals surface area contributed by atoms with E-state index in [1.165, 1.54) is 108 Å². The highest BCUT2D eigenvalue weighted by Gasteiger charge is 2.24. The molecule has 6 heteroatoms. The van der Waals surface area contributed by atoms with E-state index >= 15 is 0 Å². The normalized spacial score (nSPS) is 12.0. The number of halogens is 1. The van der Waals surface area contributed by atoms with E-state index in [4.69, 9.17) is 18.6 Å². The second kappa shape index (κ2) is 18.5. The predicted molar refractivity (Wildman–Crippen MR) is 100 cm³/mol. The SMILES string of the molecule is CCCCCCCC[N+](CCCC)(CCCC)CCCC.[O-][Cl+3]([O-])([O-])O. The molecule has 0 aromatic heterocycles. The van der Waals surface area contributed by atoms with Crippen LogP contribution in [0.1, 0.15) is 105 Å². The Labute approximate surface area is 164 Å². The van der Waals surface area contributed by atoms with E-state index < -0.39 is 10.2 Å². The Kier molecular flexibility index (Phi) is 20.1. The summed E-state index contributed by atoms with van der Waals surface area (Å²) < 4.78 is 34.2. The lowest BCUT2D eigenvalue weighted by Crippen LogP contribution is -2.58. The lowest BCUT2D eigenvalue weighted by molar-refractivity contribution is -1.92. The Bertz CT molecular complexity index is 258. The highest BCUT2D eigenvalue weighted by atomic mass is 35.7. The summed E-state index contributed by atoms with van der Waals surface area (Å²) in [5.74, 6) is 0. The molecule has 0 aliphatic heterocycles. The van der Waals surface area contributed by atoms with Crippen LogP contribution in [0.3, 0.4) is 0 Å². The number of rotatable bonds is 16. The maximum absolute atomic E-state index is 8.60. The van der Waals surface area contributed by atoms with Gasteiger partial charge in [0.1, 0.15) is 0 Å². The van der Waals surface area contributed by atoms with Gasteiger partial charge >= 0.3 is 0 Å². The average Bonchev–Trinajstić information content (AvgIpc) is 2.57. The molecule has 0 bridgehead atoms. The molecule has 0 fully saturated rings. The lowest BCUT2D eigenvalue weighted by atomic mass is 10.1. The van der Waals surface area contributed by atoms with E-state index in [2.05, 4.69) is 27.7 Å². The monoisotopic (exact) mass is 398 g/mol. The third-order valence-corrected chi connectivity index (χ3v) is 4.94. The van der Waals surface area contributed by atoms with Gasteiger partial charge in [-0.3, -0.25) is 0 Å². The first-order valence-corrected chi connectivity index (χ1v) is 12.0. The van der Waals surface area contributed by atoms with Gasteiger partial charge in [-0.2, -0.15) is 14.0 Å². The number of hydrogen-bond acceptors (Lipinski definition) is 4. The number of hydrogen-bond donors (Lipinski definition) is 1. The Morgan fingerprint density at radius 2 is 0.808 bits per heavy atom. The zero-order valence-corrected chi connectivity index (χ0v) is 18.6. The summed E-state index contributed by atoms with van der Waals surface area (Å²) in [6.45, 7) is 15.1. The molecule has 0 saturated carbocycles. The van der Waals surface area contributed by atoms with Gasteiger partial charge < -0.3 is 4.48 Å². The molecule has 0 aliphatic rings.